The lowest BCUT2D eigenvalue weighted by Gasteiger charge is -2.19. The Morgan fingerprint density at radius 1 is 1.29 bits per heavy atom. The minimum Gasteiger partial charge on any atom is -0.378 e. The first kappa shape index (κ1) is 15.4. The summed E-state index contributed by atoms with van der Waals surface area (Å²) in [7, 11) is 0. The van der Waals surface area contributed by atoms with E-state index in [-0.39, 0.29) is 6.04 Å². The molecule has 0 heterocycles. The van der Waals surface area contributed by atoms with E-state index < -0.39 is 16.4 Å². The number of hydrogen-bond acceptors (Lipinski definition) is 3. The summed E-state index contributed by atoms with van der Waals surface area (Å²) in [5.41, 5.74) is 1.07. The van der Waals surface area contributed by atoms with Crippen LogP contribution in [0.2, 0.25) is 0 Å². The van der Waals surface area contributed by atoms with E-state index in [1.165, 1.54) is 12.1 Å². The lowest BCUT2D eigenvalue weighted by atomic mass is 10.0. The largest absolute Gasteiger partial charge is 0.378 e. The minimum atomic E-state index is -0.831. The molecule has 0 spiro atoms. The number of hydrogen-bond donors (Lipinski definition) is 1. The number of rotatable bonds is 5. The lowest BCUT2D eigenvalue weighted by Crippen LogP contribution is -2.10. The van der Waals surface area contributed by atoms with Gasteiger partial charge in [0.25, 0.3) is 0 Å². The van der Waals surface area contributed by atoms with Gasteiger partial charge in [-0.1, -0.05) is 35.0 Å². The second kappa shape index (κ2) is 6.67. The third-order valence-corrected chi connectivity index (χ3v) is 3.69. The monoisotopic (exact) mass is 352 g/mol. The van der Waals surface area contributed by atoms with Gasteiger partial charge in [-0.25, -0.2) is 0 Å². The number of anilines is 1. The molecule has 21 heavy (non-hydrogen) atoms. The average molecular weight is 353 g/mol. The first-order valence-electron chi connectivity index (χ1n) is 6.47. The van der Waals surface area contributed by atoms with Crippen molar-refractivity contribution in [2.75, 3.05) is 5.32 Å². The maximum Gasteiger partial charge on any atom is 0.306 e. The van der Waals surface area contributed by atoms with E-state index >= 15 is 0 Å². The Balaban J connectivity index is 2.24. The summed E-state index contributed by atoms with van der Waals surface area (Å²) >= 11 is 3.38. The second-order valence-corrected chi connectivity index (χ2v) is 5.50. The molecule has 0 saturated heterocycles. The molecule has 2 rings (SSSR count). The number of nitro groups is 1. The molecule has 1 N–H and O–H groups in total. The van der Waals surface area contributed by atoms with Gasteiger partial charge in [0.05, 0.1) is 11.0 Å². The standard InChI is InChI=1S/C15H14BrFN2O2/c1-2-14(10-3-5-11(16)6-4-10)18-12-7-8-13(17)15(9-12)19(20)21/h3-9,14,18H,2H2,1H3. The van der Waals surface area contributed by atoms with E-state index in [2.05, 4.69) is 21.2 Å². The zero-order chi connectivity index (χ0) is 15.4. The zero-order valence-electron chi connectivity index (χ0n) is 11.3. The van der Waals surface area contributed by atoms with Crippen molar-refractivity contribution in [3.8, 4) is 0 Å². The molecule has 110 valence electrons. The predicted molar refractivity (Wildman–Crippen MR) is 83.9 cm³/mol. The maximum absolute atomic E-state index is 13.3. The van der Waals surface area contributed by atoms with E-state index in [1.807, 2.05) is 31.2 Å². The van der Waals surface area contributed by atoms with Gasteiger partial charge in [0.15, 0.2) is 0 Å². The number of nitrogens with zero attached hydrogens (tertiary/aromatic N) is 1. The molecule has 2 aromatic carbocycles. The second-order valence-electron chi connectivity index (χ2n) is 4.58. The molecule has 0 aliphatic rings. The average Bonchev–Trinajstić information content (AvgIpc) is 2.47. The highest BCUT2D eigenvalue weighted by Gasteiger charge is 2.16. The Bertz CT molecular complexity index is 647. The summed E-state index contributed by atoms with van der Waals surface area (Å²) in [6.45, 7) is 2.01. The van der Waals surface area contributed by atoms with Gasteiger partial charge in [-0.2, -0.15) is 4.39 Å². The Morgan fingerprint density at radius 2 is 1.95 bits per heavy atom. The van der Waals surface area contributed by atoms with Crippen molar-refractivity contribution in [2.24, 2.45) is 0 Å². The highest BCUT2D eigenvalue weighted by atomic mass is 79.9. The van der Waals surface area contributed by atoms with Crippen LogP contribution < -0.4 is 5.32 Å². The maximum atomic E-state index is 13.3. The van der Waals surface area contributed by atoms with Crippen molar-refractivity contribution in [2.45, 2.75) is 19.4 Å². The molecule has 2 aromatic rings. The van der Waals surface area contributed by atoms with E-state index in [9.17, 15) is 14.5 Å². The van der Waals surface area contributed by atoms with Crippen LogP contribution in [0.1, 0.15) is 24.9 Å². The van der Waals surface area contributed by atoms with Gasteiger partial charge < -0.3 is 5.32 Å². The van der Waals surface area contributed by atoms with Crippen LogP contribution in [0.15, 0.2) is 46.9 Å². The smallest absolute Gasteiger partial charge is 0.306 e. The highest BCUT2D eigenvalue weighted by Crippen LogP contribution is 2.27. The molecule has 0 aromatic heterocycles. The fourth-order valence-corrected chi connectivity index (χ4v) is 2.32. The van der Waals surface area contributed by atoms with Crippen LogP contribution >= 0.6 is 15.9 Å². The van der Waals surface area contributed by atoms with Gasteiger partial charge in [0.2, 0.25) is 5.82 Å². The van der Waals surface area contributed by atoms with E-state index in [0.29, 0.717) is 5.69 Å². The number of halogens is 2. The molecule has 0 aliphatic heterocycles. The zero-order valence-corrected chi connectivity index (χ0v) is 12.9. The molecule has 0 amide bonds. The summed E-state index contributed by atoms with van der Waals surface area (Å²) in [6, 6.07) is 11.7. The summed E-state index contributed by atoms with van der Waals surface area (Å²) in [5.74, 6) is -0.831. The first-order chi connectivity index (χ1) is 10.0. The number of nitro benzene ring substituents is 1. The molecule has 0 bridgehead atoms. The molecular weight excluding hydrogens is 339 g/mol. The molecular formula is C15H14BrFN2O2. The summed E-state index contributed by atoms with van der Waals surface area (Å²) < 4.78 is 14.3. The SMILES string of the molecule is CCC(Nc1ccc(F)c([N+](=O)[O-])c1)c1ccc(Br)cc1. The molecule has 0 aliphatic carbocycles. The van der Waals surface area contributed by atoms with Crippen LogP contribution in [0.4, 0.5) is 15.8 Å². The van der Waals surface area contributed by atoms with E-state index in [1.54, 1.807) is 0 Å². The van der Waals surface area contributed by atoms with Crippen LogP contribution in [-0.2, 0) is 0 Å². The lowest BCUT2D eigenvalue weighted by molar-refractivity contribution is -0.387. The van der Waals surface area contributed by atoms with Crippen molar-refractivity contribution < 1.29 is 9.31 Å². The molecule has 0 radical (unpaired) electrons. The van der Waals surface area contributed by atoms with Gasteiger partial charge in [-0.05, 0) is 36.2 Å². The molecule has 0 saturated carbocycles. The topological polar surface area (TPSA) is 55.2 Å². The van der Waals surface area contributed by atoms with Crippen molar-refractivity contribution in [3.63, 3.8) is 0 Å². The fraction of sp³-hybridized carbons (Fsp3) is 0.200. The Hall–Kier alpha value is -1.95. The molecule has 6 heteroatoms. The van der Waals surface area contributed by atoms with Crippen molar-refractivity contribution in [1.29, 1.82) is 0 Å². The Labute approximate surface area is 130 Å². The Morgan fingerprint density at radius 3 is 2.52 bits per heavy atom. The number of nitrogens with one attached hydrogen (secondary N) is 1. The molecule has 1 atom stereocenters. The van der Waals surface area contributed by atoms with Crippen LogP contribution in [0.25, 0.3) is 0 Å². The summed E-state index contributed by atoms with van der Waals surface area (Å²) in [6.07, 6.45) is 0.798. The van der Waals surface area contributed by atoms with Crippen molar-refractivity contribution >= 4 is 27.3 Å². The Kier molecular flexibility index (Phi) is 4.90. The molecule has 4 nitrogen and oxygen atoms in total. The summed E-state index contributed by atoms with van der Waals surface area (Å²) in [4.78, 5) is 10.0. The van der Waals surface area contributed by atoms with Gasteiger partial charge in [-0.15, -0.1) is 0 Å². The quantitative estimate of drug-likeness (QED) is 0.604. The third kappa shape index (κ3) is 3.78. The van der Waals surface area contributed by atoms with Crippen LogP contribution in [0.5, 0.6) is 0 Å². The summed E-state index contributed by atoms with van der Waals surface area (Å²) in [5, 5.41) is 14.0. The third-order valence-electron chi connectivity index (χ3n) is 3.16. The fourth-order valence-electron chi connectivity index (χ4n) is 2.06. The van der Waals surface area contributed by atoms with Crippen LogP contribution in [-0.4, -0.2) is 4.92 Å². The van der Waals surface area contributed by atoms with Crippen molar-refractivity contribution in [1.82, 2.24) is 0 Å². The van der Waals surface area contributed by atoms with E-state index in [4.69, 9.17) is 0 Å². The highest BCUT2D eigenvalue weighted by molar-refractivity contribution is 9.10. The first-order valence-corrected chi connectivity index (χ1v) is 7.26. The van der Waals surface area contributed by atoms with Gasteiger partial charge in [0, 0.05) is 16.2 Å². The van der Waals surface area contributed by atoms with E-state index in [0.717, 1.165) is 22.5 Å². The minimum absolute atomic E-state index is 0.00293. The van der Waals surface area contributed by atoms with Gasteiger partial charge >= 0.3 is 5.69 Å². The normalized spacial score (nSPS) is 12.0. The van der Waals surface area contributed by atoms with Gasteiger partial charge in [0.1, 0.15) is 0 Å². The van der Waals surface area contributed by atoms with Crippen LogP contribution in [0, 0.1) is 15.9 Å². The van der Waals surface area contributed by atoms with Gasteiger partial charge in [-0.3, -0.25) is 10.1 Å². The molecule has 0 fully saturated rings. The molecule has 1 unspecified atom stereocenters. The van der Waals surface area contributed by atoms with Crippen molar-refractivity contribution in [3.05, 3.63) is 68.4 Å². The predicted octanol–water partition coefficient (Wildman–Crippen LogP) is 5.06. The van der Waals surface area contributed by atoms with Crippen LogP contribution in [0.3, 0.4) is 0 Å². The number of benzene rings is 2.